The normalized spacial score (nSPS) is 22.4. The monoisotopic (exact) mass is 293 g/mol. The van der Waals surface area contributed by atoms with Crippen LogP contribution in [0.2, 0.25) is 0 Å². The van der Waals surface area contributed by atoms with Crippen molar-refractivity contribution >= 4 is 11.8 Å². The lowest BCUT2D eigenvalue weighted by Crippen LogP contribution is -2.26. The fourth-order valence-corrected chi connectivity index (χ4v) is 3.93. The molecule has 1 aromatic rings. The van der Waals surface area contributed by atoms with E-state index < -0.39 is 0 Å². The van der Waals surface area contributed by atoms with E-state index in [9.17, 15) is 0 Å². The van der Waals surface area contributed by atoms with Crippen molar-refractivity contribution in [2.24, 2.45) is 0 Å². The number of benzene rings is 1. The molecular weight excluding hydrogens is 266 g/mol. The molecule has 0 spiro atoms. The van der Waals surface area contributed by atoms with Crippen LogP contribution >= 0.6 is 11.8 Å². The second-order valence-electron chi connectivity index (χ2n) is 5.74. The van der Waals surface area contributed by atoms with Gasteiger partial charge in [0.2, 0.25) is 0 Å². The zero-order chi connectivity index (χ0) is 14.4. The standard InChI is InChI=1S/C17H27NOS/c1-4-20-16-10-9-15(11-16)18-12-14-7-5-6-8-17(14)19-13(2)3/h5-8,13,15-16,18H,4,9-12H2,1-3H3. The summed E-state index contributed by atoms with van der Waals surface area (Å²) in [7, 11) is 0. The molecular formula is C17H27NOS. The number of rotatable bonds is 7. The third-order valence-electron chi connectivity index (χ3n) is 3.70. The van der Waals surface area contributed by atoms with E-state index in [1.807, 2.05) is 6.07 Å². The van der Waals surface area contributed by atoms with Gasteiger partial charge in [0.15, 0.2) is 0 Å². The zero-order valence-electron chi connectivity index (χ0n) is 12.9. The Hall–Kier alpha value is -0.670. The van der Waals surface area contributed by atoms with Gasteiger partial charge in [0.1, 0.15) is 5.75 Å². The number of thioether (sulfide) groups is 1. The SMILES string of the molecule is CCSC1CCC(NCc2ccccc2OC(C)C)C1. The summed E-state index contributed by atoms with van der Waals surface area (Å²) in [4.78, 5) is 0. The van der Waals surface area contributed by atoms with Crippen LogP contribution in [-0.4, -0.2) is 23.1 Å². The van der Waals surface area contributed by atoms with Gasteiger partial charge in [0.25, 0.3) is 0 Å². The molecule has 2 nitrogen and oxygen atoms in total. The first-order chi connectivity index (χ1) is 9.69. The van der Waals surface area contributed by atoms with Crippen LogP contribution in [0.3, 0.4) is 0 Å². The fraction of sp³-hybridized carbons (Fsp3) is 0.647. The molecule has 0 amide bonds. The maximum atomic E-state index is 5.88. The lowest BCUT2D eigenvalue weighted by molar-refractivity contribution is 0.239. The molecule has 1 aliphatic rings. The second-order valence-corrected chi connectivity index (χ2v) is 7.32. The fourth-order valence-electron chi connectivity index (χ4n) is 2.79. The van der Waals surface area contributed by atoms with Crippen LogP contribution < -0.4 is 10.1 Å². The Morgan fingerprint density at radius 2 is 2.10 bits per heavy atom. The van der Waals surface area contributed by atoms with Crippen LogP contribution in [0.4, 0.5) is 0 Å². The van der Waals surface area contributed by atoms with Crippen molar-refractivity contribution in [3.05, 3.63) is 29.8 Å². The average Bonchev–Trinajstić information content (AvgIpc) is 2.85. The predicted molar refractivity (Wildman–Crippen MR) is 88.6 cm³/mol. The average molecular weight is 293 g/mol. The molecule has 2 atom stereocenters. The molecule has 1 aliphatic carbocycles. The van der Waals surface area contributed by atoms with E-state index in [0.717, 1.165) is 17.5 Å². The van der Waals surface area contributed by atoms with Gasteiger partial charge >= 0.3 is 0 Å². The van der Waals surface area contributed by atoms with Crippen LogP contribution in [0.5, 0.6) is 5.75 Å². The van der Waals surface area contributed by atoms with Crippen LogP contribution in [0.25, 0.3) is 0 Å². The Labute approximate surface area is 127 Å². The Morgan fingerprint density at radius 1 is 1.30 bits per heavy atom. The highest BCUT2D eigenvalue weighted by atomic mass is 32.2. The molecule has 20 heavy (non-hydrogen) atoms. The third kappa shape index (κ3) is 4.71. The molecule has 0 radical (unpaired) electrons. The van der Waals surface area contributed by atoms with Gasteiger partial charge in [-0.2, -0.15) is 11.8 Å². The predicted octanol–water partition coefficient (Wildman–Crippen LogP) is 4.24. The summed E-state index contributed by atoms with van der Waals surface area (Å²) in [5.74, 6) is 2.26. The van der Waals surface area contributed by atoms with Crippen molar-refractivity contribution in [1.29, 1.82) is 0 Å². The Morgan fingerprint density at radius 3 is 2.85 bits per heavy atom. The summed E-state index contributed by atoms with van der Waals surface area (Å²) in [6.07, 6.45) is 4.21. The number of nitrogens with one attached hydrogen (secondary N) is 1. The van der Waals surface area contributed by atoms with E-state index in [0.29, 0.717) is 6.04 Å². The molecule has 0 saturated heterocycles. The van der Waals surface area contributed by atoms with E-state index in [2.05, 4.69) is 56.0 Å². The van der Waals surface area contributed by atoms with Gasteiger partial charge < -0.3 is 10.1 Å². The summed E-state index contributed by atoms with van der Waals surface area (Å²) in [5, 5.41) is 4.57. The minimum atomic E-state index is 0.230. The minimum absolute atomic E-state index is 0.230. The molecule has 0 aromatic heterocycles. The van der Waals surface area contributed by atoms with Crippen molar-refractivity contribution in [1.82, 2.24) is 5.32 Å². The first-order valence-corrected chi connectivity index (χ1v) is 8.83. The van der Waals surface area contributed by atoms with E-state index in [4.69, 9.17) is 4.74 Å². The van der Waals surface area contributed by atoms with Crippen LogP contribution in [-0.2, 0) is 6.54 Å². The molecule has 1 N–H and O–H groups in total. The summed E-state index contributed by atoms with van der Waals surface area (Å²) in [6.45, 7) is 7.32. The quantitative estimate of drug-likeness (QED) is 0.812. The Kier molecular flexibility index (Phi) is 6.24. The van der Waals surface area contributed by atoms with Gasteiger partial charge in [-0.05, 0) is 44.9 Å². The minimum Gasteiger partial charge on any atom is -0.491 e. The highest BCUT2D eigenvalue weighted by Gasteiger charge is 2.24. The maximum Gasteiger partial charge on any atom is 0.124 e. The van der Waals surface area contributed by atoms with E-state index in [1.165, 1.54) is 30.6 Å². The van der Waals surface area contributed by atoms with Gasteiger partial charge in [0, 0.05) is 23.4 Å². The Balaban J connectivity index is 1.85. The van der Waals surface area contributed by atoms with Gasteiger partial charge in [-0.1, -0.05) is 25.1 Å². The number of hydrogen-bond acceptors (Lipinski definition) is 3. The molecule has 1 saturated carbocycles. The van der Waals surface area contributed by atoms with E-state index in [1.54, 1.807) is 0 Å². The molecule has 1 aromatic carbocycles. The number of ether oxygens (including phenoxy) is 1. The molecule has 3 heteroatoms. The van der Waals surface area contributed by atoms with Crippen molar-refractivity contribution in [3.63, 3.8) is 0 Å². The van der Waals surface area contributed by atoms with Crippen molar-refractivity contribution < 1.29 is 4.74 Å². The van der Waals surface area contributed by atoms with E-state index >= 15 is 0 Å². The Bertz CT molecular complexity index is 408. The van der Waals surface area contributed by atoms with Crippen molar-refractivity contribution in [3.8, 4) is 5.75 Å². The van der Waals surface area contributed by atoms with Gasteiger partial charge in [-0.3, -0.25) is 0 Å². The number of para-hydroxylation sites is 1. The van der Waals surface area contributed by atoms with Crippen LogP contribution in [0.1, 0.15) is 45.6 Å². The second kappa shape index (κ2) is 7.94. The topological polar surface area (TPSA) is 21.3 Å². The summed E-state index contributed by atoms with van der Waals surface area (Å²) >= 11 is 2.11. The molecule has 0 aliphatic heterocycles. The molecule has 0 bridgehead atoms. The molecule has 0 heterocycles. The lowest BCUT2D eigenvalue weighted by Gasteiger charge is -2.17. The first-order valence-electron chi connectivity index (χ1n) is 7.78. The summed E-state index contributed by atoms with van der Waals surface area (Å²) in [5.41, 5.74) is 1.27. The van der Waals surface area contributed by atoms with E-state index in [-0.39, 0.29) is 6.10 Å². The number of hydrogen-bond donors (Lipinski definition) is 1. The highest BCUT2D eigenvalue weighted by Crippen LogP contribution is 2.30. The van der Waals surface area contributed by atoms with Crippen molar-refractivity contribution in [2.75, 3.05) is 5.75 Å². The lowest BCUT2D eigenvalue weighted by atomic mass is 10.1. The maximum absolute atomic E-state index is 5.88. The summed E-state index contributed by atoms with van der Waals surface area (Å²) < 4.78 is 5.88. The molecule has 2 unspecified atom stereocenters. The van der Waals surface area contributed by atoms with Gasteiger partial charge in [-0.15, -0.1) is 0 Å². The molecule has 1 fully saturated rings. The van der Waals surface area contributed by atoms with Crippen LogP contribution in [0.15, 0.2) is 24.3 Å². The largest absolute Gasteiger partial charge is 0.491 e. The molecule has 112 valence electrons. The van der Waals surface area contributed by atoms with Crippen molar-refractivity contribution in [2.45, 2.75) is 64.0 Å². The zero-order valence-corrected chi connectivity index (χ0v) is 13.7. The van der Waals surface area contributed by atoms with Crippen LogP contribution in [0, 0.1) is 0 Å². The smallest absolute Gasteiger partial charge is 0.124 e. The molecule has 2 rings (SSSR count). The third-order valence-corrected chi connectivity index (χ3v) is 4.94. The van der Waals surface area contributed by atoms with Gasteiger partial charge in [0.05, 0.1) is 6.10 Å². The summed E-state index contributed by atoms with van der Waals surface area (Å²) in [6, 6.07) is 9.05. The first kappa shape index (κ1) is 15.7. The van der Waals surface area contributed by atoms with Gasteiger partial charge in [-0.25, -0.2) is 0 Å². The highest BCUT2D eigenvalue weighted by molar-refractivity contribution is 7.99.